The Bertz CT molecular complexity index is 1030. The standard InChI is InChI=1S/C26H28F2N2O2/c27-20-10-8-19(9-11-20)25(12-1-2-13-25)24(32)30-16-22(18-5-3-6-21(28)15-18)26(17-30)14-4-7-23(31)29-26/h3,5-6,8-11,15,22H,1-2,4,7,12-14,16-17H2,(H,29,31)/t22-,26+/m0/s1. The zero-order valence-electron chi connectivity index (χ0n) is 18.1. The summed E-state index contributed by atoms with van der Waals surface area (Å²) in [7, 11) is 0. The van der Waals surface area contributed by atoms with Gasteiger partial charge in [-0.25, -0.2) is 8.78 Å². The number of nitrogens with zero attached hydrogens (tertiary/aromatic N) is 1. The van der Waals surface area contributed by atoms with Crippen molar-refractivity contribution in [2.24, 2.45) is 0 Å². The van der Waals surface area contributed by atoms with Crippen LogP contribution in [0.25, 0.3) is 0 Å². The number of carbonyl (C=O) groups is 2. The first-order valence-electron chi connectivity index (χ1n) is 11.5. The van der Waals surface area contributed by atoms with Gasteiger partial charge in [0.25, 0.3) is 0 Å². The van der Waals surface area contributed by atoms with Crippen LogP contribution in [0, 0.1) is 11.6 Å². The average molecular weight is 439 g/mol. The normalized spacial score (nSPS) is 27.0. The maximum atomic E-state index is 14.1. The minimum absolute atomic E-state index is 0.0129. The number of carbonyl (C=O) groups excluding carboxylic acids is 2. The highest BCUT2D eigenvalue weighted by Crippen LogP contribution is 2.47. The van der Waals surface area contributed by atoms with Crippen LogP contribution in [0.3, 0.4) is 0 Å². The average Bonchev–Trinajstić information content (AvgIpc) is 3.40. The van der Waals surface area contributed by atoms with E-state index in [2.05, 4.69) is 5.32 Å². The maximum Gasteiger partial charge on any atom is 0.233 e. The van der Waals surface area contributed by atoms with Crippen LogP contribution in [0.4, 0.5) is 8.78 Å². The molecule has 6 heteroatoms. The van der Waals surface area contributed by atoms with Gasteiger partial charge in [-0.3, -0.25) is 9.59 Å². The van der Waals surface area contributed by atoms with Gasteiger partial charge in [-0.2, -0.15) is 0 Å². The Morgan fingerprint density at radius 2 is 1.72 bits per heavy atom. The van der Waals surface area contributed by atoms with Crippen molar-refractivity contribution in [3.8, 4) is 0 Å². The first-order valence-corrected chi connectivity index (χ1v) is 11.5. The van der Waals surface area contributed by atoms with E-state index in [0.29, 0.717) is 19.5 Å². The molecule has 32 heavy (non-hydrogen) atoms. The quantitative estimate of drug-likeness (QED) is 0.770. The van der Waals surface area contributed by atoms with Crippen molar-refractivity contribution in [3.05, 3.63) is 71.3 Å². The summed E-state index contributed by atoms with van der Waals surface area (Å²) in [5, 5.41) is 3.19. The minimum atomic E-state index is -0.662. The molecule has 1 N–H and O–H groups in total. The van der Waals surface area contributed by atoms with Crippen LogP contribution >= 0.6 is 0 Å². The number of halogens is 2. The number of rotatable bonds is 3. The van der Waals surface area contributed by atoms with E-state index >= 15 is 0 Å². The number of amides is 2. The monoisotopic (exact) mass is 438 g/mol. The van der Waals surface area contributed by atoms with Crippen LogP contribution in [0.5, 0.6) is 0 Å². The maximum absolute atomic E-state index is 14.1. The summed E-state index contributed by atoms with van der Waals surface area (Å²) >= 11 is 0. The highest BCUT2D eigenvalue weighted by atomic mass is 19.1. The topological polar surface area (TPSA) is 49.4 Å². The zero-order valence-corrected chi connectivity index (χ0v) is 18.1. The van der Waals surface area contributed by atoms with Crippen LogP contribution in [-0.2, 0) is 15.0 Å². The molecule has 0 bridgehead atoms. The molecule has 2 saturated heterocycles. The van der Waals surface area contributed by atoms with E-state index < -0.39 is 11.0 Å². The lowest BCUT2D eigenvalue weighted by Crippen LogP contribution is -2.57. The van der Waals surface area contributed by atoms with E-state index in [4.69, 9.17) is 0 Å². The fraction of sp³-hybridized carbons (Fsp3) is 0.462. The minimum Gasteiger partial charge on any atom is -0.348 e. The van der Waals surface area contributed by atoms with Crippen LogP contribution in [-0.4, -0.2) is 35.3 Å². The van der Waals surface area contributed by atoms with Gasteiger partial charge in [0.1, 0.15) is 11.6 Å². The van der Waals surface area contributed by atoms with Gasteiger partial charge in [-0.15, -0.1) is 0 Å². The molecular weight excluding hydrogens is 410 g/mol. The molecule has 4 nitrogen and oxygen atoms in total. The van der Waals surface area contributed by atoms with Gasteiger partial charge in [-0.05, 0) is 61.1 Å². The number of hydrogen-bond donors (Lipinski definition) is 1. The highest BCUT2D eigenvalue weighted by molar-refractivity contribution is 5.89. The number of likely N-dealkylation sites (tertiary alicyclic amines) is 1. The third-order valence-corrected chi connectivity index (χ3v) is 7.76. The predicted octanol–water partition coefficient (Wildman–Crippen LogP) is 4.44. The van der Waals surface area contributed by atoms with E-state index in [1.54, 1.807) is 18.2 Å². The first-order chi connectivity index (χ1) is 15.4. The lowest BCUT2D eigenvalue weighted by molar-refractivity contribution is -0.137. The summed E-state index contributed by atoms with van der Waals surface area (Å²) < 4.78 is 27.7. The van der Waals surface area contributed by atoms with E-state index in [1.807, 2.05) is 11.0 Å². The van der Waals surface area contributed by atoms with Crippen molar-refractivity contribution >= 4 is 11.8 Å². The second kappa shape index (κ2) is 7.98. The fourth-order valence-electron chi connectivity index (χ4n) is 6.24. The largest absolute Gasteiger partial charge is 0.348 e. The van der Waals surface area contributed by atoms with E-state index in [-0.39, 0.29) is 29.4 Å². The molecule has 0 unspecified atom stereocenters. The molecule has 0 aromatic heterocycles. The van der Waals surface area contributed by atoms with Gasteiger partial charge in [0, 0.05) is 25.4 Å². The molecule has 2 amide bonds. The highest BCUT2D eigenvalue weighted by Gasteiger charge is 2.54. The summed E-state index contributed by atoms with van der Waals surface area (Å²) in [4.78, 5) is 28.3. The van der Waals surface area contributed by atoms with Gasteiger partial charge in [-0.1, -0.05) is 37.1 Å². The van der Waals surface area contributed by atoms with Crippen LogP contribution in [0.1, 0.15) is 62.0 Å². The van der Waals surface area contributed by atoms with Gasteiger partial charge in [0.05, 0.1) is 11.0 Å². The molecule has 2 aromatic carbocycles. The third-order valence-electron chi connectivity index (χ3n) is 7.76. The number of hydrogen-bond acceptors (Lipinski definition) is 2. The summed E-state index contributed by atoms with van der Waals surface area (Å²) in [6, 6.07) is 12.8. The molecule has 2 aromatic rings. The molecule has 3 fully saturated rings. The lowest BCUT2D eigenvalue weighted by atomic mass is 9.76. The molecule has 168 valence electrons. The molecule has 1 saturated carbocycles. The molecule has 2 heterocycles. The SMILES string of the molecule is O=C1CCC[C@]2(CN(C(=O)C3(c4ccc(F)cc4)CCCC3)C[C@H]2c2cccc(F)c2)N1. The van der Waals surface area contributed by atoms with Gasteiger partial charge >= 0.3 is 0 Å². The van der Waals surface area contributed by atoms with Gasteiger partial charge in [0.2, 0.25) is 11.8 Å². The van der Waals surface area contributed by atoms with E-state index in [0.717, 1.165) is 49.7 Å². The molecule has 2 atom stereocenters. The van der Waals surface area contributed by atoms with Crippen molar-refractivity contribution in [1.29, 1.82) is 0 Å². The van der Waals surface area contributed by atoms with Crippen molar-refractivity contribution in [2.45, 2.75) is 61.8 Å². The summed E-state index contributed by atoms with van der Waals surface area (Å²) in [5.74, 6) is -0.771. The summed E-state index contributed by atoms with van der Waals surface area (Å²) in [6.07, 6.45) is 5.36. The number of benzene rings is 2. The smallest absolute Gasteiger partial charge is 0.233 e. The Morgan fingerprint density at radius 1 is 0.969 bits per heavy atom. The first kappa shape index (κ1) is 21.1. The van der Waals surface area contributed by atoms with Crippen molar-refractivity contribution in [2.75, 3.05) is 13.1 Å². The second-order valence-corrected chi connectivity index (χ2v) is 9.65. The number of nitrogens with one attached hydrogen (secondary N) is 1. The molecule has 3 aliphatic rings. The summed E-state index contributed by atoms with van der Waals surface area (Å²) in [6.45, 7) is 0.854. The number of piperidine rings is 1. The summed E-state index contributed by atoms with van der Waals surface area (Å²) in [5.41, 5.74) is 0.424. The Labute approximate surface area is 187 Å². The molecular formula is C26H28F2N2O2. The third kappa shape index (κ3) is 3.50. The fourth-order valence-corrected chi connectivity index (χ4v) is 6.24. The Morgan fingerprint density at radius 3 is 2.41 bits per heavy atom. The van der Waals surface area contributed by atoms with E-state index in [9.17, 15) is 18.4 Å². The molecule has 1 aliphatic carbocycles. The molecule has 1 spiro atoms. The van der Waals surface area contributed by atoms with Crippen molar-refractivity contribution in [3.63, 3.8) is 0 Å². The predicted molar refractivity (Wildman–Crippen MR) is 117 cm³/mol. The van der Waals surface area contributed by atoms with Gasteiger partial charge in [0.15, 0.2) is 0 Å². The lowest BCUT2D eigenvalue weighted by Gasteiger charge is -2.39. The van der Waals surface area contributed by atoms with Crippen molar-refractivity contribution < 1.29 is 18.4 Å². The van der Waals surface area contributed by atoms with Gasteiger partial charge < -0.3 is 10.2 Å². The zero-order chi connectivity index (χ0) is 22.3. The van der Waals surface area contributed by atoms with Crippen molar-refractivity contribution in [1.82, 2.24) is 10.2 Å². The molecule has 0 radical (unpaired) electrons. The van der Waals surface area contributed by atoms with Crippen LogP contribution < -0.4 is 5.32 Å². The molecule has 2 aliphatic heterocycles. The second-order valence-electron chi connectivity index (χ2n) is 9.65. The van der Waals surface area contributed by atoms with E-state index in [1.165, 1.54) is 24.3 Å². The Kier molecular flexibility index (Phi) is 5.26. The van der Waals surface area contributed by atoms with Crippen LogP contribution in [0.2, 0.25) is 0 Å². The Balaban J connectivity index is 1.51. The Hall–Kier alpha value is -2.76. The van der Waals surface area contributed by atoms with Crippen LogP contribution in [0.15, 0.2) is 48.5 Å². The molecule has 5 rings (SSSR count).